The fourth-order valence-electron chi connectivity index (χ4n) is 2.44. The molecule has 0 bridgehead atoms. The smallest absolute Gasteiger partial charge is 0.194 e. The zero-order valence-electron chi connectivity index (χ0n) is 12.4. The van der Waals surface area contributed by atoms with Crippen molar-refractivity contribution in [3.8, 4) is 11.5 Å². The van der Waals surface area contributed by atoms with Gasteiger partial charge in [-0.15, -0.1) is 0 Å². The van der Waals surface area contributed by atoms with Gasteiger partial charge in [0.05, 0.1) is 7.11 Å². The standard InChI is InChI=1S/C19H14O4/c1-23-16-8-4-13(5-9-16)18-11-15(21)10-17(19(18)22)12-2-6-14(20)7-3-12/h2-11,20H,1H3. The molecule has 0 amide bonds. The second-order valence-corrected chi connectivity index (χ2v) is 5.12. The van der Waals surface area contributed by atoms with Crippen LogP contribution in [-0.4, -0.2) is 23.8 Å². The molecule has 114 valence electrons. The highest BCUT2D eigenvalue weighted by Crippen LogP contribution is 2.30. The molecule has 0 radical (unpaired) electrons. The van der Waals surface area contributed by atoms with Crippen molar-refractivity contribution in [2.45, 2.75) is 0 Å². The largest absolute Gasteiger partial charge is 0.508 e. The van der Waals surface area contributed by atoms with Gasteiger partial charge in [0.1, 0.15) is 11.5 Å². The Kier molecular flexibility index (Phi) is 3.81. The molecule has 0 saturated heterocycles. The molecular formula is C19H14O4. The molecule has 0 aliphatic heterocycles. The molecule has 1 aliphatic carbocycles. The lowest BCUT2D eigenvalue weighted by molar-refractivity contribution is -0.112. The van der Waals surface area contributed by atoms with E-state index in [4.69, 9.17) is 4.74 Å². The predicted octanol–water partition coefficient (Wildman–Crippen LogP) is 3.02. The van der Waals surface area contributed by atoms with Gasteiger partial charge in [0.2, 0.25) is 0 Å². The first-order valence-electron chi connectivity index (χ1n) is 7.04. The monoisotopic (exact) mass is 306 g/mol. The van der Waals surface area contributed by atoms with Crippen molar-refractivity contribution in [2.75, 3.05) is 7.11 Å². The number of ketones is 2. The van der Waals surface area contributed by atoms with Gasteiger partial charge in [0.15, 0.2) is 11.6 Å². The van der Waals surface area contributed by atoms with Gasteiger partial charge >= 0.3 is 0 Å². The van der Waals surface area contributed by atoms with E-state index >= 15 is 0 Å². The number of allylic oxidation sites excluding steroid dienone is 4. The van der Waals surface area contributed by atoms with Crippen molar-refractivity contribution in [2.24, 2.45) is 0 Å². The average Bonchev–Trinajstić information content (AvgIpc) is 2.57. The van der Waals surface area contributed by atoms with E-state index in [9.17, 15) is 14.7 Å². The summed E-state index contributed by atoms with van der Waals surface area (Å²) in [5.41, 5.74) is 1.93. The Labute approximate surface area is 133 Å². The Morgan fingerprint density at radius 2 is 1.26 bits per heavy atom. The van der Waals surface area contributed by atoms with Crippen LogP contribution in [0.1, 0.15) is 11.1 Å². The van der Waals surface area contributed by atoms with E-state index in [1.54, 1.807) is 43.5 Å². The first-order chi connectivity index (χ1) is 11.1. The number of hydrogen-bond acceptors (Lipinski definition) is 4. The van der Waals surface area contributed by atoms with Crippen molar-refractivity contribution in [3.05, 3.63) is 71.8 Å². The van der Waals surface area contributed by atoms with Crippen molar-refractivity contribution < 1.29 is 19.4 Å². The summed E-state index contributed by atoms with van der Waals surface area (Å²) in [6, 6.07) is 13.2. The first kappa shape index (κ1) is 14.8. The maximum atomic E-state index is 12.7. The van der Waals surface area contributed by atoms with Crippen LogP contribution in [0.3, 0.4) is 0 Å². The number of aromatic hydroxyl groups is 1. The summed E-state index contributed by atoms with van der Waals surface area (Å²) >= 11 is 0. The van der Waals surface area contributed by atoms with Crippen LogP contribution < -0.4 is 4.74 Å². The summed E-state index contributed by atoms with van der Waals surface area (Å²) in [6.45, 7) is 0. The Morgan fingerprint density at radius 1 is 0.783 bits per heavy atom. The molecule has 0 spiro atoms. The van der Waals surface area contributed by atoms with Gasteiger partial charge < -0.3 is 9.84 Å². The number of ether oxygens (including phenoxy) is 1. The molecule has 4 nitrogen and oxygen atoms in total. The van der Waals surface area contributed by atoms with Crippen LogP contribution in [-0.2, 0) is 9.59 Å². The molecule has 4 heteroatoms. The Balaban J connectivity index is 1.98. The zero-order chi connectivity index (χ0) is 16.4. The van der Waals surface area contributed by atoms with E-state index in [0.717, 1.165) is 0 Å². The van der Waals surface area contributed by atoms with Gasteiger partial charge in [-0.05, 0) is 47.5 Å². The summed E-state index contributed by atoms with van der Waals surface area (Å²) in [6.07, 6.45) is 2.66. The van der Waals surface area contributed by atoms with Crippen LogP contribution in [0.15, 0.2) is 60.7 Å². The average molecular weight is 306 g/mol. The number of phenols is 1. The zero-order valence-corrected chi connectivity index (χ0v) is 12.4. The molecule has 0 heterocycles. The number of benzene rings is 2. The minimum absolute atomic E-state index is 0.106. The number of hydrogen-bond donors (Lipinski definition) is 1. The molecule has 0 aromatic heterocycles. The van der Waals surface area contributed by atoms with E-state index in [2.05, 4.69) is 0 Å². The molecule has 23 heavy (non-hydrogen) atoms. The van der Waals surface area contributed by atoms with Crippen LogP contribution in [0.25, 0.3) is 11.1 Å². The quantitative estimate of drug-likeness (QED) is 0.885. The van der Waals surface area contributed by atoms with Crippen LogP contribution in [0, 0.1) is 0 Å². The third-order valence-corrected chi connectivity index (χ3v) is 3.64. The van der Waals surface area contributed by atoms with Crippen LogP contribution in [0.2, 0.25) is 0 Å². The highest BCUT2D eigenvalue weighted by Gasteiger charge is 2.24. The fraction of sp³-hybridized carbons (Fsp3) is 0.0526. The fourth-order valence-corrected chi connectivity index (χ4v) is 2.44. The van der Waals surface area contributed by atoms with Gasteiger partial charge in [0, 0.05) is 11.1 Å². The Hall–Kier alpha value is -3.14. The maximum absolute atomic E-state index is 12.7. The molecule has 2 aromatic carbocycles. The molecule has 0 saturated carbocycles. The minimum atomic E-state index is -0.238. The topological polar surface area (TPSA) is 63.6 Å². The number of carbonyl (C=O) groups is 2. The van der Waals surface area contributed by atoms with Gasteiger partial charge in [-0.25, -0.2) is 0 Å². The van der Waals surface area contributed by atoms with Crippen molar-refractivity contribution in [1.82, 2.24) is 0 Å². The normalized spacial score (nSPS) is 14.3. The summed E-state index contributed by atoms with van der Waals surface area (Å²) in [7, 11) is 1.56. The SMILES string of the molecule is COc1ccc(C2=CC(=O)C=C(c3ccc(O)cc3)C2=O)cc1. The van der Waals surface area contributed by atoms with Crippen molar-refractivity contribution in [1.29, 1.82) is 0 Å². The maximum Gasteiger partial charge on any atom is 0.194 e. The van der Waals surface area contributed by atoms with Gasteiger partial charge in [0.25, 0.3) is 0 Å². The van der Waals surface area contributed by atoms with Crippen molar-refractivity contribution >= 4 is 22.7 Å². The van der Waals surface area contributed by atoms with Gasteiger partial charge in [-0.3, -0.25) is 9.59 Å². The van der Waals surface area contributed by atoms with E-state index in [1.165, 1.54) is 24.3 Å². The second kappa shape index (κ2) is 5.93. The molecule has 3 rings (SSSR count). The number of Topliss-reactive ketones (excluding diaryl/α,β-unsaturated/α-hetero) is 1. The van der Waals surface area contributed by atoms with Gasteiger partial charge in [-0.2, -0.15) is 0 Å². The third kappa shape index (κ3) is 2.92. The number of carbonyl (C=O) groups excluding carboxylic acids is 2. The molecule has 1 N–H and O–H groups in total. The Morgan fingerprint density at radius 3 is 1.74 bits per heavy atom. The van der Waals surface area contributed by atoms with Crippen LogP contribution >= 0.6 is 0 Å². The van der Waals surface area contributed by atoms with E-state index in [-0.39, 0.29) is 17.3 Å². The number of phenolic OH excluding ortho intramolecular Hbond substituents is 1. The molecule has 1 aliphatic rings. The molecule has 0 unspecified atom stereocenters. The predicted molar refractivity (Wildman–Crippen MR) is 87.1 cm³/mol. The lowest BCUT2D eigenvalue weighted by Gasteiger charge is -2.14. The van der Waals surface area contributed by atoms with E-state index in [0.29, 0.717) is 28.0 Å². The molecular weight excluding hydrogens is 292 g/mol. The van der Waals surface area contributed by atoms with Gasteiger partial charge in [-0.1, -0.05) is 24.3 Å². The van der Waals surface area contributed by atoms with Crippen LogP contribution in [0.5, 0.6) is 11.5 Å². The molecule has 0 atom stereocenters. The summed E-state index contributed by atoms with van der Waals surface area (Å²) < 4.78 is 5.10. The summed E-state index contributed by atoms with van der Waals surface area (Å²) in [5.74, 6) is 0.326. The minimum Gasteiger partial charge on any atom is -0.508 e. The number of methoxy groups -OCH3 is 1. The highest BCUT2D eigenvalue weighted by molar-refractivity contribution is 6.48. The molecule has 0 fully saturated rings. The summed E-state index contributed by atoms with van der Waals surface area (Å²) in [5, 5.41) is 9.36. The third-order valence-electron chi connectivity index (χ3n) is 3.64. The highest BCUT2D eigenvalue weighted by atomic mass is 16.5. The van der Waals surface area contributed by atoms with E-state index in [1.807, 2.05) is 0 Å². The second-order valence-electron chi connectivity index (χ2n) is 5.12. The van der Waals surface area contributed by atoms with E-state index < -0.39 is 0 Å². The lowest BCUT2D eigenvalue weighted by Crippen LogP contribution is -2.12. The van der Waals surface area contributed by atoms with Crippen molar-refractivity contribution in [3.63, 3.8) is 0 Å². The summed E-state index contributed by atoms with van der Waals surface area (Å²) in [4.78, 5) is 24.7. The number of rotatable bonds is 3. The lowest BCUT2D eigenvalue weighted by atomic mass is 9.87. The Bertz CT molecular complexity index is 825. The first-order valence-corrected chi connectivity index (χ1v) is 7.04. The molecule has 2 aromatic rings. The van der Waals surface area contributed by atoms with Crippen LogP contribution in [0.4, 0.5) is 0 Å².